The molecule has 6 heteroatoms. The number of nitrogens with zero attached hydrogens (tertiary/aromatic N) is 1. The molecule has 0 bridgehead atoms. The highest BCUT2D eigenvalue weighted by atomic mass is 35.5. The molecule has 0 unspecified atom stereocenters. The first-order valence-corrected chi connectivity index (χ1v) is 5.62. The SMILES string of the molecule is N#Cc1ccc(Cl)c(NC(=O)CCCC(=O)O)c1. The average Bonchev–Trinajstić information content (AvgIpc) is 2.31. The summed E-state index contributed by atoms with van der Waals surface area (Å²) in [5.74, 6) is -1.26. The van der Waals surface area contributed by atoms with Crippen LogP contribution in [-0.4, -0.2) is 17.0 Å². The van der Waals surface area contributed by atoms with Crippen LogP contribution in [0.2, 0.25) is 5.02 Å². The van der Waals surface area contributed by atoms with Gasteiger partial charge in [0.1, 0.15) is 0 Å². The molecule has 94 valence electrons. The fraction of sp³-hybridized carbons (Fsp3) is 0.250. The Hall–Kier alpha value is -2.06. The summed E-state index contributed by atoms with van der Waals surface area (Å²) < 4.78 is 0. The lowest BCUT2D eigenvalue weighted by Gasteiger charge is -2.07. The Labute approximate surface area is 109 Å². The van der Waals surface area contributed by atoms with Crippen molar-refractivity contribution in [1.29, 1.82) is 5.26 Å². The lowest BCUT2D eigenvalue weighted by atomic mass is 10.2. The standard InChI is InChI=1S/C12H11ClN2O3/c13-9-5-4-8(7-14)6-10(9)15-11(16)2-1-3-12(17)18/h4-6H,1-3H2,(H,15,16)(H,17,18). The highest BCUT2D eigenvalue weighted by molar-refractivity contribution is 6.33. The number of nitriles is 1. The third-order valence-electron chi connectivity index (χ3n) is 2.16. The average molecular weight is 267 g/mol. The zero-order valence-corrected chi connectivity index (χ0v) is 10.2. The van der Waals surface area contributed by atoms with E-state index in [4.69, 9.17) is 22.0 Å². The number of carboxylic acid groups (broad SMARTS) is 1. The summed E-state index contributed by atoms with van der Waals surface area (Å²) in [5.41, 5.74) is 0.747. The van der Waals surface area contributed by atoms with Crippen LogP contribution in [0.15, 0.2) is 18.2 Å². The maximum Gasteiger partial charge on any atom is 0.303 e. The van der Waals surface area contributed by atoms with Crippen LogP contribution in [0, 0.1) is 11.3 Å². The molecule has 0 saturated carbocycles. The van der Waals surface area contributed by atoms with E-state index in [2.05, 4.69) is 5.32 Å². The minimum absolute atomic E-state index is 0.0562. The minimum atomic E-state index is -0.938. The highest BCUT2D eigenvalue weighted by Crippen LogP contribution is 2.23. The molecular formula is C12H11ClN2O3. The molecule has 0 fully saturated rings. The van der Waals surface area contributed by atoms with Crippen LogP contribution < -0.4 is 5.32 Å². The van der Waals surface area contributed by atoms with Gasteiger partial charge < -0.3 is 10.4 Å². The first-order valence-electron chi connectivity index (χ1n) is 5.24. The van der Waals surface area contributed by atoms with Crippen LogP contribution in [-0.2, 0) is 9.59 Å². The molecule has 0 heterocycles. The third-order valence-corrected chi connectivity index (χ3v) is 2.49. The second kappa shape index (κ2) is 6.62. The Kier molecular flexibility index (Phi) is 5.15. The molecular weight excluding hydrogens is 256 g/mol. The van der Waals surface area contributed by atoms with Gasteiger partial charge in [0.25, 0.3) is 0 Å². The van der Waals surface area contributed by atoms with Crippen LogP contribution in [0.25, 0.3) is 0 Å². The van der Waals surface area contributed by atoms with Gasteiger partial charge in [-0.1, -0.05) is 11.6 Å². The van der Waals surface area contributed by atoms with E-state index in [1.165, 1.54) is 12.1 Å². The molecule has 18 heavy (non-hydrogen) atoms. The van der Waals surface area contributed by atoms with Crippen molar-refractivity contribution < 1.29 is 14.7 Å². The number of nitrogens with one attached hydrogen (secondary N) is 1. The maximum atomic E-state index is 11.5. The van der Waals surface area contributed by atoms with Crippen molar-refractivity contribution in [3.05, 3.63) is 28.8 Å². The van der Waals surface area contributed by atoms with Crippen molar-refractivity contribution in [2.45, 2.75) is 19.3 Å². The molecule has 0 aromatic heterocycles. The molecule has 1 rings (SSSR count). The van der Waals surface area contributed by atoms with Gasteiger partial charge in [-0.25, -0.2) is 0 Å². The summed E-state index contributed by atoms with van der Waals surface area (Å²) in [5, 5.41) is 20.0. The van der Waals surface area contributed by atoms with Gasteiger partial charge in [0.05, 0.1) is 22.3 Å². The third kappa shape index (κ3) is 4.44. The van der Waals surface area contributed by atoms with E-state index in [0.29, 0.717) is 16.3 Å². The number of hydrogen-bond acceptors (Lipinski definition) is 3. The molecule has 1 aromatic carbocycles. The molecule has 0 aliphatic rings. The Bertz CT molecular complexity index is 509. The van der Waals surface area contributed by atoms with Gasteiger partial charge in [-0.05, 0) is 24.6 Å². The molecule has 0 radical (unpaired) electrons. The Balaban J connectivity index is 2.59. The molecule has 1 amide bonds. The predicted molar refractivity (Wildman–Crippen MR) is 66.3 cm³/mol. The van der Waals surface area contributed by atoms with Gasteiger partial charge in [0.2, 0.25) is 5.91 Å². The van der Waals surface area contributed by atoms with Gasteiger partial charge in [-0.2, -0.15) is 5.26 Å². The second-order valence-electron chi connectivity index (χ2n) is 3.60. The van der Waals surface area contributed by atoms with Crippen LogP contribution in [0.3, 0.4) is 0 Å². The fourth-order valence-corrected chi connectivity index (χ4v) is 1.47. The van der Waals surface area contributed by atoms with Gasteiger partial charge in [0.15, 0.2) is 0 Å². The first-order chi connectivity index (χ1) is 8.52. The number of halogens is 1. The van der Waals surface area contributed by atoms with E-state index in [1.807, 2.05) is 6.07 Å². The molecule has 0 aliphatic carbocycles. The van der Waals surface area contributed by atoms with Crippen molar-refractivity contribution >= 4 is 29.2 Å². The van der Waals surface area contributed by atoms with E-state index in [0.717, 1.165) is 0 Å². The van der Waals surface area contributed by atoms with Gasteiger partial charge >= 0.3 is 5.97 Å². The summed E-state index contributed by atoms with van der Waals surface area (Å²) in [6.45, 7) is 0. The fourth-order valence-electron chi connectivity index (χ4n) is 1.30. The predicted octanol–water partition coefficient (Wildman–Crippen LogP) is 2.41. The summed E-state index contributed by atoms with van der Waals surface area (Å²) in [7, 11) is 0. The van der Waals surface area contributed by atoms with Gasteiger partial charge in [-0.15, -0.1) is 0 Å². The van der Waals surface area contributed by atoms with E-state index in [-0.39, 0.29) is 25.2 Å². The summed E-state index contributed by atoms with van der Waals surface area (Å²) in [6.07, 6.45) is 0.301. The molecule has 0 aliphatic heterocycles. The maximum absolute atomic E-state index is 11.5. The van der Waals surface area contributed by atoms with Gasteiger partial charge in [0, 0.05) is 12.8 Å². The lowest BCUT2D eigenvalue weighted by Crippen LogP contribution is -2.12. The van der Waals surface area contributed by atoms with Crippen molar-refractivity contribution in [2.75, 3.05) is 5.32 Å². The summed E-state index contributed by atoms with van der Waals surface area (Å²) >= 11 is 5.86. The number of amides is 1. The van der Waals surface area contributed by atoms with Crippen molar-refractivity contribution in [3.8, 4) is 6.07 Å². The Morgan fingerprint density at radius 3 is 2.72 bits per heavy atom. The molecule has 1 aromatic rings. The lowest BCUT2D eigenvalue weighted by molar-refractivity contribution is -0.137. The number of carboxylic acids is 1. The Morgan fingerprint density at radius 1 is 1.39 bits per heavy atom. The second-order valence-corrected chi connectivity index (χ2v) is 4.01. The van der Waals surface area contributed by atoms with E-state index < -0.39 is 5.97 Å². The van der Waals surface area contributed by atoms with Gasteiger partial charge in [-0.3, -0.25) is 9.59 Å². The van der Waals surface area contributed by atoms with Crippen molar-refractivity contribution in [3.63, 3.8) is 0 Å². The quantitative estimate of drug-likeness (QED) is 0.856. The number of hydrogen-bond donors (Lipinski definition) is 2. The summed E-state index contributed by atoms with van der Waals surface area (Å²) in [4.78, 5) is 21.8. The summed E-state index contributed by atoms with van der Waals surface area (Å²) in [6, 6.07) is 6.47. The number of benzene rings is 1. The molecule has 0 saturated heterocycles. The largest absolute Gasteiger partial charge is 0.481 e. The first kappa shape index (κ1) is 14.0. The van der Waals surface area contributed by atoms with E-state index in [1.54, 1.807) is 6.07 Å². The normalized spacial score (nSPS) is 9.56. The monoisotopic (exact) mass is 266 g/mol. The molecule has 5 nitrogen and oxygen atoms in total. The smallest absolute Gasteiger partial charge is 0.303 e. The topological polar surface area (TPSA) is 90.2 Å². The van der Waals surface area contributed by atoms with Crippen LogP contribution in [0.4, 0.5) is 5.69 Å². The molecule has 0 spiro atoms. The number of carbonyl (C=O) groups is 2. The van der Waals surface area contributed by atoms with Crippen LogP contribution in [0.5, 0.6) is 0 Å². The van der Waals surface area contributed by atoms with E-state index >= 15 is 0 Å². The molecule has 0 atom stereocenters. The van der Waals surface area contributed by atoms with Crippen molar-refractivity contribution in [2.24, 2.45) is 0 Å². The highest BCUT2D eigenvalue weighted by Gasteiger charge is 2.07. The number of rotatable bonds is 5. The number of aliphatic carboxylic acids is 1. The molecule has 2 N–H and O–H groups in total. The zero-order chi connectivity index (χ0) is 13.5. The van der Waals surface area contributed by atoms with Crippen LogP contribution >= 0.6 is 11.6 Å². The number of anilines is 1. The Morgan fingerprint density at radius 2 is 2.11 bits per heavy atom. The van der Waals surface area contributed by atoms with E-state index in [9.17, 15) is 9.59 Å². The number of carbonyl (C=O) groups excluding carboxylic acids is 1. The van der Waals surface area contributed by atoms with Crippen LogP contribution in [0.1, 0.15) is 24.8 Å². The van der Waals surface area contributed by atoms with Crippen molar-refractivity contribution in [1.82, 2.24) is 0 Å². The minimum Gasteiger partial charge on any atom is -0.481 e. The zero-order valence-electron chi connectivity index (χ0n) is 9.44.